The molecule has 0 aliphatic carbocycles. The SMILES string of the molecule is C/C=C(/C1CNC(=O)C1)N1CCC(C(O)(c2ccccc2)c2ccccc2)CC1. The molecule has 4 rings (SSSR count). The highest BCUT2D eigenvalue weighted by atomic mass is 16.3. The fourth-order valence-electron chi connectivity index (χ4n) is 5.07. The largest absolute Gasteiger partial charge is 0.380 e. The number of piperidine rings is 1. The van der Waals surface area contributed by atoms with Crippen molar-refractivity contribution in [2.75, 3.05) is 19.6 Å². The third kappa shape index (κ3) is 3.82. The van der Waals surface area contributed by atoms with E-state index in [2.05, 4.69) is 23.2 Å². The molecule has 2 aromatic rings. The number of carbonyl (C=O) groups excluding carboxylic acids is 1. The molecule has 2 aliphatic heterocycles. The van der Waals surface area contributed by atoms with Crippen molar-refractivity contribution in [1.29, 1.82) is 0 Å². The van der Waals surface area contributed by atoms with Crippen LogP contribution < -0.4 is 5.32 Å². The van der Waals surface area contributed by atoms with Crippen LogP contribution in [-0.4, -0.2) is 35.5 Å². The zero-order chi connectivity index (χ0) is 20.3. The third-order valence-corrected chi connectivity index (χ3v) is 6.57. The van der Waals surface area contributed by atoms with E-state index in [9.17, 15) is 9.90 Å². The maximum atomic E-state index is 12.0. The molecule has 2 heterocycles. The number of benzene rings is 2. The van der Waals surface area contributed by atoms with Crippen molar-refractivity contribution in [3.63, 3.8) is 0 Å². The number of aliphatic hydroxyl groups is 1. The number of hydrogen-bond donors (Lipinski definition) is 2. The summed E-state index contributed by atoms with van der Waals surface area (Å²) in [5, 5.41) is 15.0. The molecule has 0 bridgehead atoms. The number of amides is 1. The second-order valence-electron chi connectivity index (χ2n) is 8.18. The van der Waals surface area contributed by atoms with Gasteiger partial charge in [-0.15, -0.1) is 0 Å². The summed E-state index contributed by atoms with van der Waals surface area (Å²) >= 11 is 0. The quantitative estimate of drug-likeness (QED) is 0.819. The number of likely N-dealkylation sites (tertiary alicyclic amines) is 1. The van der Waals surface area contributed by atoms with Gasteiger partial charge in [0.25, 0.3) is 0 Å². The summed E-state index contributed by atoms with van der Waals surface area (Å²) in [6.07, 6.45) is 4.56. The molecule has 4 nitrogen and oxygen atoms in total. The number of rotatable bonds is 5. The van der Waals surface area contributed by atoms with E-state index in [0.29, 0.717) is 6.42 Å². The number of carbonyl (C=O) groups is 1. The second-order valence-corrected chi connectivity index (χ2v) is 8.18. The van der Waals surface area contributed by atoms with Crippen LogP contribution in [0.5, 0.6) is 0 Å². The maximum Gasteiger partial charge on any atom is 0.220 e. The van der Waals surface area contributed by atoms with Gasteiger partial charge in [0.05, 0.1) is 0 Å². The van der Waals surface area contributed by atoms with Gasteiger partial charge in [0.15, 0.2) is 0 Å². The van der Waals surface area contributed by atoms with Crippen LogP contribution in [-0.2, 0) is 10.4 Å². The van der Waals surface area contributed by atoms with Gasteiger partial charge in [-0.3, -0.25) is 4.79 Å². The predicted molar refractivity (Wildman–Crippen MR) is 115 cm³/mol. The zero-order valence-corrected chi connectivity index (χ0v) is 17.1. The molecule has 2 fully saturated rings. The van der Waals surface area contributed by atoms with E-state index in [1.165, 1.54) is 5.70 Å². The van der Waals surface area contributed by atoms with Crippen LogP contribution in [0.3, 0.4) is 0 Å². The Balaban J connectivity index is 1.55. The van der Waals surface area contributed by atoms with Gasteiger partial charge in [-0.05, 0) is 36.8 Å². The van der Waals surface area contributed by atoms with E-state index in [1.807, 2.05) is 60.7 Å². The minimum Gasteiger partial charge on any atom is -0.380 e. The Hall–Kier alpha value is -2.59. The van der Waals surface area contributed by atoms with Crippen LogP contribution >= 0.6 is 0 Å². The second kappa shape index (κ2) is 8.42. The Morgan fingerprint density at radius 1 is 1.03 bits per heavy atom. The molecule has 0 aromatic heterocycles. The van der Waals surface area contributed by atoms with Crippen molar-refractivity contribution in [3.05, 3.63) is 83.6 Å². The van der Waals surface area contributed by atoms with Crippen LogP contribution in [0.2, 0.25) is 0 Å². The fourth-order valence-corrected chi connectivity index (χ4v) is 5.07. The highest BCUT2D eigenvalue weighted by Crippen LogP contribution is 2.42. The number of hydrogen-bond acceptors (Lipinski definition) is 3. The first-order valence-corrected chi connectivity index (χ1v) is 10.6. The molecule has 2 N–H and O–H groups in total. The van der Waals surface area contributed by atoms with Crippen molar-refractivity contribution >= 4 is 5.91 Å². The maximum absolute atomic E-state index is 12.0. The van der Waals surface area contributed by atoms with Crippen LogP contribution in [0, 0.1) is 11.8 Å². The molecule has 152 valence electrons. The van der Waals surface area contributed by atoms with Gasteiger partial charge in [0.2, 0.25) is 5.91 Å². The molecule has 4 heteroatoms. The third-order valence-electron chi connectivity index (χ3n) is 6.57. The van der Waals surface area contributed by atoms with Crippen LogP contribution in [0.15, 0.2) is 72.4 Å². The molecule has 0 radical (unpaired) electrons. The van der Waals surface area contributed by atoms with Crippen LogP contribution in [0.25, 0.3) is 0 Å². The average molecular weight is 391 g/mol. The topological polar surface area (TPSA) is 52.6 Å². The summed E-state index contributed by atoms with van der Waals surface area (Å²) in [6.45, 7) is 4.60. The Bertz CT molecular complexity index is 815. The van der Waals surface area contributed by atoms with E-state index in [1.54, 1.807) is 0 Å². The minimum atomic E-state index is -0.990. The number of allylic oxidation sites excluding steroid dienone is 1. The molecule has 29 heavy (non-hydrogen) atoms. The molecular weight excluding hydrogens is 360 g/mol. The van der Waals surface area contributed by atoms with Gasteiger partial charge in [-0.2, -0.15) is 0 Å². The van der Waals surface area contributed by atoms with Gasteiger partial charge in [-0.1, -0.05) is 66.7 Å². The fraction of sp³-hybridized carbons (Fsp3) is 0.400. The van der Waals surface area contributed by atoms with Gasteiger partial charge in [-0.25, -0.2) is 0 Å². The lowest BCUT2D eigenvalue weighted by Gasteiger charge is -2.44. The zero-order valence-electron chi connectivity index (χ0n) is 17.1. The van der Waals surface area contributed by atoms with E-state index >= 15 is 0 Å². The molecule has 2 saturated heterocycles. The van der Waals surface area contributed by atoms with Gasteiger partial charge in [0, 0.05) is 37.7 Å². The van der Waals surface area contributed by atoms with E-state index in [0.717, 1.165) is 43.6 Å². The van der Waals surface area contributed by atoms with Gasteiger partial charge >= 0.3 is 0 Å². The van der Waals surface area contributed by atoms with Crippen molar-refractivity contribution in [2.45, 2.75) is 31.8 Å². The molecule has 1 unspecified atom stereocenters. The number of nitrogens with zero attached hydrogens (tertiary/aromatic N) is 1. The van der Waals surface area contributed by atoms with Crippen molar-refractivity contribution in [2.24, 2.45) is 11.8 Å². The van der Waals surface area contributed by atoms with E-state index in [-0.39, 0.29) is 17.7 Å². The molecule has 0 saturated carbocycles. The summed E-state index contributed by atoms with van der Waals surface area (Å²) in [5.41, 5.74) is 2.20. The molecular formula is C25H30N2O2. The lowest BCUT2D eigenvalue weighted by Crippen LogP contribution is -2.44. The van der Waals surface area contributed by atoms with Crippen molar-refractivity contribution in [3.8, 4) is 0 Å². The Morgan fingerprint density at radius 2 is 1.59 bits per heavy atom. The predicted octanol–water partition coefficient (Wildman–Crippen LogP) is 3.67. The minimum absolute atomic E-state index is 0.144. The first kappa shape index (κ1) is 19.7. The summed E-state index contributed by atoms with van der Waals surface area (Å²) < 4.78 is 0. The van der Waals surface area contributed by atoms with Gasteiger partial charge < -0.3 is 15.3 Å². The molecule has 2 aromatic carbocycles. The van der Waals surface area contributed by atoms with Crippen LogP contribution in [0.1, 0.15) is 37.3 Å². The van der Waals surface area contributed by atoms with Crippen molar-refractivity contribution < 1.29 is 9.90 Å². The van der Waals surface area contributed by atoms with Crippen LogP contribution in [0.4, 0.5) is 0 Å². The number of nitrogens with one attached hydrogen (secondary N) is 1. The summed E-state index contributed by atoms with van der Waals surface area (Å²) in [4.78, 5) is 14.1. The Kier molecular flexibility index (Phi) is 5.72. The monoisotopic (exact) mass is 390 g/mol. The highest BCUT2D eigenvalue weighted by molar-refractivity contribution is 5.78. The first-order chi connectivity index (χ1) is 14.1. The average Bonchev–Trinajstić information content (AvgIpc) is 3.21. The lowest BCUT2D eigenvalue weighted by atomic mass is 9.72. The molecule has 1 amide bonds. The molecule has 0 spiro atoms. The van der Waals surface area contributed by atoms with Gasteiger partial charge in [0.1, 0.15) is 5.60 Å². The standard InChI is InChI=1S/C25H30N2O2/c1-2-23(19-17-24(28)26-18-19)27-15-13-22(14-16-27)25(29,20-9-5-3-6-10-20)21-11-7-4-8-12-21/h2-12,19,22,29H,13-18H2,1H3,(H,26,28)/b23-2-. The lowest BCUT2D eigenvalue weighted by molar-refractivity contribution is -0.119. The molecule has 2 aliphatic rings. The first-order valence-electron chi connectivity index (χ1n) is 10.6. The molecule has 1 atom stereocenters. The summed E-state index contributed by atoms with van der Waals surface area (Å²) in [7, 11) is 0. The normalized spacial score (nSPS) is 21.3. The van der Waals surface area contributed by atoms with Crippen molar-refractivity contribution in [1.82, 2.24) is 10.2 Å². The highest BCUT2D eigenvalue weighted by Gasteiger charge is 2.42. The smallest absolute Gasteiger partial charge is 0.220 e. The Labute approximate surface area is 173 Å². The van der Waals surface area contributed by atoms with E-state index < -0.39 is 5.60 Å². The summed E-state index contributed by atoms with van der Waals surface area (Å²) in [6, 6.07) is 20.1. The summed E-state index contributed by atoms with van der Waals surface area (Å²) in [5.74, 6) is 0.558. The Morgan fingerprint density at radius 3 is 2.03 bits per heavy atom. The van der Waals surface area contributed by atoms with E-state index in [4.69, 9.17) is 0 Å².